The van der Waals surface area contributed by atoms with E-state index in [1.807, 2.05) is 12.1 Å². The van der Waals surface area contributed by atoms with Crippen molar-refractivity contribution in [3.05, 3.63) is 47.5 Å². The van der Waals surface area contributed by atoms with Crippen LogP contribution in [0.15, 0.2) is 36.4 Å². The third-order valence-electron chi connectivity index (χ3n) is 5.44. The predicted octanol–water partition coefficient (Wildman–Crippen LogP) is 4.61. The largest absolute Gasteiger partial charge is 0.497 e. The molecule has 1 aliphatic rings. The summed E-state index contributed by atoms with van der Waals surface area (Å²) in [6, 6.07) is 12.0. The third kappa shape index (κ3) is 4.02. The summed E-state index contributed by atoms with van der Waals surface area (Å²) in [4.78, 5) is 15.1. The number of amides is 1. The molecule has 2 aromatic carbocycles. The third-order valence-corrected chi connectivity index (χ3v) is 5.44. The molecule has 0 bridgehead atoms. The number of nitrogen functional groups attached to an aromatic ring is 1. The van der Waals surface area contributed by atoms with Gasteiger partial charge in [-0.1, -0.05) is 0 Å². The van der Waals surface area contributed by atoms with Gasteiger partial charge in [0, 0.05) is 23.3 Å². The number of methoxy groups -OCH3 is 1. The number of hydrogen-bond acceptors (Lipinski definition) is 4. The maximum atomic E-state index is 12.6. The number of ether oxygens (including phenoxy) is 1. The molecule has 0 spiro atoms. The molecule has 1 saturated heterocycles. The highest BCUT2D eigenvalue weighted by atomic mass is 16.5. The lowest BCUT2D eigenvalue weighted by Crippen LogP contribution is -2.44. The van der Waals surface area contributed by atoms with E-state index in [9.17, 15) is 4.79 Å². The summed E-state index contributed by atoms with van der Waals surface area (Å²) in [6.07, 6.45) is 3.62. The Labute approximate surface area is 161 Å². The van der Waals surface area contributed by atoms with Crippen molar-refractivity contribution in [3.8, 4) is 5.75 Å². The van der Waals surface area contributed by atoms with Crippen LogP contribution in [-0.2, 0) is 0 Å². The van der Waals surface area contributed by atoms with Gasteiger partial charge in [-0.3, -0.25) is 4.79 Å². The topological polar surface area (TPSA) is 67.6 Å². The van der Waals surface area contributed by atoms with Gasteiger partial charge in [0.1, 0.15) is 5.75 Å². The molecule has 0 saturated carbocycles. The van der Waals surface area contributed by atoms with E-state index in [0.29, 0.717) is 29.0 Å². The number of carbonyl (C=O) groups excluding carboxylic acids is 1. The normalized spacial score (nSPS) is 19.6. The molecule has 1 amide bonds. The molecule has 3 rings (SSSR count). The van der Waals surface area contributed by atoms with Crippen LogP contribution in [0.4, 0.5) is 17.1 Å². The van der Waals surface area contributed by atoms with E-state index >= 15 is 0 Å². The van der Waals surface area contributed by atoms with E-state index in [2.05, 4.69) is 31.0 Å². The smallest absolute Gasteiger partial charge is 0.255 e. The Bertz CT molecular complexity index is 807. The molecule has 2 atom stereocenters. The van der Waals surface area contributed by atoms with Gasteiger partial charge in [0.25, 0.3) is 5.91 Å². The minimum atomic E-state index is -0.182. The van der Waals surface area contributed by atoms with Gasteiger partial charge >= 0.3 is 0 Å². The van der Waals surface area contributed by atoms with Crippen molar-refractivity contribution in [1.29, 1.82) is 0 Å². The Balaban J connectivity index is 1.88. The lowest BCUT2D eigenvalue weighted by molar-refractivity contribution is 0.102. The number of benzene rings is 2. The zero-order chi connectivity index (χ0) is 19.6. The van der Waals surface area contributed by atoms with Crippen LogP contribution in [0, 0.1) is 6.92 Å². The predicted molar refractivity (Wildman–Crippen MR) is 112 cm³/mol. The second-order valence-corrected chi connectivity index (χ2v) is 7.44. The number of hydrogen-bond donors (Lipinski definition) is 2. The number of piperidine rings is 1. The van der Waals surface area contributed by atoms with Gasteiger partial charge in [0.2, 0.25) is 0 Å². The van der Waals surface area contributed by atoms with Gasteiger partial charge in [-0.15, -0.1) is 0 Å². The van der Waals surface area contributed by atoms with Gasteiger partial charge in [0.15, 0.2) is 0 Å². The fourth-order valence-electron chi connectivity index (χ4n) is 3.94. The van der Waals surface area contributed by atoms with Crippen molar-refractivity contribution in [3.63, 3.8) is 0 Å². The van der Waals surface area contributed by atoms with Crippen LogP contribution in [0.3, 0.4) is 0 Å². The second kappa shape index (κ2) is 7.91. The van der Waals surface area contributed by atoms with Gasteiger partial charge in [-0.25, -0.2) is 0 Å². The van der Waals surface area contributed by atoms with Gasteiger partial charge in [-0.2, -0.15) is 0 Å². The summed E-state index contributed by atoms with van der Waals surface area (Å²) in [7, 11) is 1.60. The summed E-state index contributed by atoms with van der Waals surface area (Å²) in [5.74, 6) is 0.538. The molecule has 2 aromatic rings. The molecule has 1 fully saturated rings. The van der Waals surface area contributed by atoms with Crippen molar-refractivity contribution in [2.75, 3.05) is 23.1 Å². The molecular formula is C22H29N3O2. The summed E-state index contributed by atoms with van der Waals surface area (Å²) in [5, 5.41) is 2.97. The van der Waals surface area contributed by atoms with Crippen molar-refractivity contribution in [2.24, 2.45) is 0 Å². The Morgan fingerprint density at radius 1 is 1.15 bits per heavy atom. The van der Waals surface area contributed by atoms with Gasteiger partial charge < -0.3 is 20.7 Å². The maximum absolute atomic E-state index is 12.6. The standard InChI is InChI=1S/C22H29N3O2/c1-14-12-19(23)20(13-21(14)25-15(2)6-5-7-16(25)3)24-22(26)17-8-10-18(27-4)11-9-17/h8-13,15-16H,5-7,23H2,1-4H3,(H,24,26). The molecule has 27 heavy (non-hydrogen) atoms. The number of rotatable bonds is 4. The molecular weight excluding hydrogens is 338 g/mol. The number of anilines is 3. The Morgan fingerprint density at radius 2 is 1.78 bits per heavy atom. The fourth-order valence-corrected chi connectivity index (χ4v) is 3.94. The van der Waals surface area contributed by atoms with Crippen LogP contribution in [0.2, 0.25) is 0 Å². The lowest BCUT2D eigenvalue weighted by Gasteiger charge is -2.42. The van der Waals surface area contributed by atoms with Crippen molar-refractivity contribution in [2.45, 2.75) is 52.1 Å². The molecule has 2 unspecified atom stereocenters. The first-order valence-electron chi connectivity index (χ1n) is 9.54. The number of carbonyl (C=O) groups is 1. The van der Waals surface area contributed by atoms with Crippen LogP contribution in [0.25, 0.3) is 0 Å². The van der Waals surface area contributed by atoms with Crippen LogP contribution < -0.4 is 20.7 Å². The summed E-state index contributed by atoms with van der Waals surface area (Å²) in [6.45, 7) is 6.61. The molecule has 144 valence electrons. The Morgan fingerprint density at radius 3 is 2.37 bits per heavy atom. The maximum Gasteiger partial charge on any atom is 0.255 e. The number of nitrogens with two attached hydrogens (primary N) is 1. The summed E-state index contributed by atoms with van der Waals surface area (Å²) in [5.41, 5.74) is 10.3. The van der Waals surface area contributed by atoms with Crippen molar-refractivity contribution in [1.82, 2.24) is 0 Å². The fraction of sp³-hybridized carbons (Fsp3) is 0.409. The molecule has 5 heteroatoms. The van der Waals surface area contributed by atoms with E-state index in [4.69, 9.17) is 10.5 Å². The molecule has 1 heterocycles. The number of nitrogens with one attached hydrogen (secondary N) is 1. The average molecular weight is 367 g/mol. The van der Waals surface area contributed by atoms with Crippen LogP contribution in [0.5, 0.6) is 5.75 Å². The molecule has 0 aliphatic carbocycles. The van der Waals surface area contributed by atoms with Gasteiger partial charge in [-0.05, 0) is 82.0 Å². The molecule has 5 nitrogen and oxygen atoms in total. The van der Waals surface area contributed by atoms with E-state index in [1.54, 1.807) is 31.4 Å². The molecule has 3 N–H and O–H groups in total. The number of aryl methyl sites for hydroxylation is 1. The number of nitrogens with zero attached hydrogens (tertiary/aromatic N) is 1. The zero-order valence-electron chi connectivity index (χ0n) is 16.6. The zero-order valence-corrected chi connectivity index (χ0v) is 16.6. The van der Waals surface area contributed by atoms with E-state index in [1.165, 1.54) is 19.3 Å². The van der Waals surface area contributed by atoms with Gasteiger partial charge in [0.05, 0.1) is 18.5 Å². The van der Waals surface area contributed by atoms with Crippen molar-refractivity contribution >= 4 is 23.0 Å². The highest BCUT2D eigenvalue weighted by Gasteiger charge is 2.26. The van der Waals surface area contributed by atoms with E-state index in [0.717, 1.165) is 17.0 Å². The summed E-state index contributed by atoms with van der Waals surface area (Å²) >= 11 is 0. The Kier molecular flexibility index (Phi) is 5.59. The minimum Gasteiger partial charge on any atom is -0.497 e. The first-order valence-corrected chi connectivity index (χ1v) is 9.54. The first kappa shape index (κ1) is 19.1. The quantitative estimate of drug-likeness (QED) is 0.775. The molecule has 0 radical (unpaired) electrons. The van der Waals surface area contributed by atoms with E-state index < -0.39 is 0 Å². The minimum absolute atomic E-state index is 0.182. The van der Waals surface area contributed by atoms with Crippen LogP contribution >= 0.6 is 0 Å². The van der Waals surface area contributed by atoms with Crippen LogP contribution in [0.1, 0.15) is 49.0 Å². The lowest BCUT2D eigenvalue weighted by atomic mass is 9.95. The van der Waals surface area contributed by atoms with Crippen LogP contribution in [-0.4, -0.2) is 25.1 Å². The highest BCUT2D eigenvalue weighted by Crippen LogP contribution is 2.36. The monoisotopic (exact) mass is 367 g/mol. The summed E-state index contributed by atoms with van der Waals surface area (Å²) < 4.78 is 5.15. The van der Waals surface area contributed by atoms with Crippen molar-refractivity contribution < 1.29 is 9.53 Å². The molecule has 0 aromatic heterocycles. The second-order valence-electron chi connectivity index (χ2n) is 7.44. The van der Waals surface area contributed by atoms with E-state index in [-0.39, 0.29) is 5.91 Å². The molecule has 1 aliphatic heterocycles. The average Bonchev–Trinajstić information content (AvgIpc) is 2.65. The highest BCUT2D eigenvalue weighted by molar-refractivity contribution is 6.06. The Hall–Kier alpha value is -2.69. The SMILES string of the molecule is COc1ccc(C(=O)Nc2cc(N3C(C)CCCC3C)c(C)cc2N)cc1. The first-order chi connectivity index (χ1) is 12.9.